The molecule has 1 heteroatoms. The monoisotopic (exact) mass is 607 g/mol. The van der Waals surface area contributed by atoms with Crippen molar-refractivity contribution in [2.75, 3.05) is 0 Å². The minimum atomic E-state index is -0.417. The van der Waals surface area contributed by atoms with E-state index >= 15 is 0 Å². The molecule has 11 rings (SSSR count). The maximum absolute atomic E-state index is 2.50. The lowest BCUT2D eigenvalue weighted by atomic mass is 9.61. The zero-order valence-electron chi connectivity index (χ0n) is 26.2. The Kier molecular flexibility index (Phi) is 5.10. The first-order valence-corrected chi connectivity index (χ1v) is 16.8. The van der Waals surface area contributed by atoms with E-state index in [1.54, 1.807) is 0 Å². The number of nitrogens with zero attached hydrogens (tertiary/aromatic N) is 1. The smallest absolute Gasteiger partial charge is 0.0726 e. The molecule has 9 aromatic rings. The lowest BCUT2D eigenvalue weighted by Gasteiger charge is -2.39. The molecular formula is C47H29N. The summed E-state index contributed by atoms with van der Waals surface area (Å²) in [6.07, 6.45) is 0. The van der Waals surface area contributed by atoms with Gasteiger partial charge in [0.05, 0.1) is 16.4 Å². The zero-order chi connectivity index (χ0) is 31.4. The molecule has 2 aliphatic carbocycles. The van der Waals surface area contributed by atoms with E-state index in [9.17, 15) is 0 Å². The molecule has 222 valence electrons. The highest BCUT2D eigenvalue weighted by atomic mass is 15.0. The molecule has 0 fully saturated rings. The second-order valence-corrected chi connectivity index (χ2v) is 13.2. The number of hydrogen-bond donors (Lipinski definition) is 0. The molecule has 1 aromatic heterocycles. The maximum atomic E-state index is 2.50. The van der Waals surface area contributed by atoms with Crippen molar-refractivity contribution in [3.63, 3.8) is 0 Å². The Morgan fingerprint density at radius 3 is 1.96 bits per heavy atom. The molecule has 8 aromatic carbocycles. The summed E-state index contributed by atoms with van der Waals surface area (Å²) in [4.78, 5) is 0. The Labute approximate surface area is 279 Å². The van der Waals surface area contributed by atoms with Gasteiger partial charge in [0.2, 0.25) is 0 Å². The topological polar surface area (TPSA) is 4.93 Å². The van der Waals surface area contributed by atoms with Crippen molar-refractivity contribution >= 4 is 32.6 Å². The van der Waals surface area contributed by atoms with Gasteiger partial charge in [0, 0.05) is 16.5 Å². The largest absolute Gasteiger partial charge is 0.309 e. The molecule has 0 amide bonds. The molecule has 0 radical (unpaired) electrons. The van der Waals surface area contributed by atoms with Crippen LogP contribution in [0.25, 0.3) is 71.6 Å². The van der Waals surface area contributed by atoms with Crippen molar-refractivity contribution in [1.82, 2.24) is 4.57 Å². The SMILES string of the molecule is c1ccc(-n2c3ccccc3c3cc(-c4ccc5c(c4)C4(c6ccccc6)c6ccccc6-c6cccc7ccc-5c4c67)ccc32)cc1. The van der Waals surface area contributed by atoms with E-state index in [2.05, 4.69) is 180 Å². The summed E-state index contributed by atoms with van der Waals surface area (Å²) in [5.74, 6) is 0. The first-order chi connectivity index (χ1) is 23.8. The van der Waals surface area contributed by atoms with Gasteiger partial charge in [-0.15, -0.1) is 0 Å². The van der Waals surface area contributed by atoms with Gasteiger partial charge in [-0.05, 0) is 103 Å². The van der Waals surface area contributed by atoms with Gasteiger partial charge in [-0.1, -0.05) is 140 Å². The Bertz CT molecular complexity index is 2770. The third-order valence-corrected chi connectivity index (χ3v) is 11.0. The number of hydrogen-bond acceptors (Lipinski definition) is 0. The summed E-state index contributed by atoms with van der Waals surface area (Å²) in [7, 11) is 0. The molecule has 0 bridgehead atoms. The summed E-state index contributed by atoms with van der Waals surface area (Å²) in [5, 5.41) is 5.22. The van der Waals surface area contributed by atoms with Crippen LogP contribution in [0.4, 0.5) is 0 Å². The van der Waals surface area contributed by atoms with Crippen molar-refractivity contribution in [1.29, 1.82) is 0 Å². The second kappa shape index (κ2) is 9.44. The van der Waals surface area contributed by atoms with E-state index < -0.39 is 5.41 Å². The first kappa shape index (κ1) is 25.9. The van der Waals surface area contributed by atoms with E-state index in [1.165, 1.54) is 93.9 Å². The number of benzene rings is 8. The average molecular weight is 608 g/mol. The summed E-state index contributed by atoms with van der Waals surface area (Å²) in [5.41, 5.74) is 16.5. The molecular weight excluding hydrogens is 579 g/mol. The fourth-order valence-electron chi connectivity index (χ4n) is 9.10. The molecule has 2 aliphatic rings. The molecule has 1 unspecified atom stereocenters. The third kappa shape index (κ3) is 3.21. The van der Waals surface area contributed by atoms with Crippen LogP contribution in [0.3, 0.4) is 0 Å². The van der Waals surface area contributed by atoms with Crippen molar-refractivity contribution in [3.05, 3.63) is 198 Å². The quantitative estimate of drug-likeness (QED) is 0.188. The minimum absolute atomic E-state index is 0.417. The number of fused-ring (bicyclic) bond motifs is 9. The van der Waals surface area contributed by atoms with Crippen LogP contribution in [0.15, 0.2) is 176 Å². The van der Waals surface area contributed by atoms with E-state index in [1.807, 2.05) is 0 Å². The Balaban J connectivity index is 1.21. The van der Waals surface area contributed by atoms with E-state index in [0.717, 1.165) is 0 Å². The van der Waals surface area contributed by atoms with Crippen molar-refractivity contribution in [2.45, 2.75) is 5.41 Å². The van der Waals surface area contributed by atoms with E-state index in [0.29, 0.717) is 0 Å². The van der Waals surface area contributed by atoms with Gasteiger partial charge in [-0.25, -0.2) is 0 Å². The van der Waals surface area contributed by atoms with Gasteiger partial charge in [0.1, 0.15) is 0 Å². The standard InChI is InChI=1S/C47H29N/c1-3-13-33(14-4-1)47-41-20-9-7-17-35(41)38-19-11-12-30-22-26-39(46(47)45(30)38)36-25-23-32(29-42(36)47)31-24-27-44-40(28-31)37-18-8-10-21-43(37)48(44)34-15-5-2-6-16-34/h1-29H. The molecule has 1 nitrogen and oxygen atoms in total. The van der Waals surface area contributed by atoms with Crippen molar-refractivity contribution < 1.29 is 0 Å². The number of rotatable bonds is 3. The normalized spacial score (nSPS) is 15.6. The van der Waals surface area contributed by atoms with Crippen LogP contribution in [0.1, 0.15) is 22.3 Å². The molecule has 48 heavy (non-hydrogen) atoms. The fraction of sp³-hybridized carbons (Fsp3) is 0.0213. The predicted octanol–water partition coefficient (Wildman–Crippen LogP) is 11.9. The van der Waals surface area contributed by atoms with Gasteiger partial charge < -0.3 is 4.57 Å². The molecule has 0 spiro atoms. The zero-order valence-corrected chi connectivity index (χ0v) is 26.2. The lowest BCUT2D eigenvalue weighted by molar-refractivity contribution is 0.773. The average Bonchev–Trinajstić information content (AvgIpc) is 3.66. The van der Waals surface area contributed by atoms with Gasteiger partial charge in [0.25, 0.3) is 0 Å². The van der Waals surface area contributed by atoms with E-state index in [4.69, 9.17) is 0 Å². The number of para-hydroxylation sites is 2. The predicted molar refractivity (Wildman–Crippen MR) is 200 cm³/mol. The second-order valence-electron chi connectivity index (χ2n) is 13.2. The molecule has 0 N–H and O–H groups in total. The van der Waals surface area contributed by atoms with Crippen LogP contribution in [-0.2, 0) is 5.41 Å². The first-order valence-electron chi connectivity index (χ1n) is 16.8. The van der Waals surface area contributed by atoms with Gasteiger partial charge >= 0.3 is 0 Å². The van der Waals surface area contributed by atoms with Crippen LogP contribution < -0.4 is 0 Å². The summed E-state index contributed by atoms with van der Waals surface area (Å²) in [6, 6.07) is 65.5. The molecule has 1 heterocycles. The van der Waals surface area contributed by atoms with Crippen LogP contribution >= 0.6 is 0 Å². The number of aromatic nitrogens is 1. The van der Waals surface area contributed by atoms with Crippen LogP contribution in [0.2, 0.25) is 0 Å². The summed E-state index contributed by atoms with van der Waals surface area (Å²) >= 11 is 0. The van der Waals surface area contributed by atoms with Crippen molar-refractivity contribution in [3.8, 4) is 39.1 Å². The van der Waals surface area contributed by atoms with Crippen LogP contribution in [0, 0.1) is 0 Å². The highest BCUT2D eigenvalue weighted by Gasteiger charge is 2.50. The minimum Gasteiger partial charge on any atom is -0.309 e. The highest BCUT2D eigenvalue weighted by molar-refractivity contribution is 6.12. The highest BCUT2D eigenvalue weighted by Crippen LogP contribution is 2.63. The molecule has 0 saturated heterocycles. The third-order valence-electron chi connectivity index (χ3n) is 11.0. The fourth-order valence-corrected chi connectivity index (χ4v) is 9.10. The molecule has 1 atom stereocenters. The Hall–Kier alpha value is -6.18. The molecule has 0 aliphatic heterocycles. The Morgan fingerprint density at radius 2 is 1.06 bits per heavy atom. The van der Waals surface area contributed by atoms with Crippen LogP contribution in [-0.4, -0.2) is 4.57 Å². The lowest BCUT2D eigenvalue weighted by Crippen LogP contribution is -2.31. The molecule has 0 saturated carbocycles. The summed E-state index contributed by atoms with van der Waals surface area (Å²) < 4.78 is 2.39. The van der Waals surface area contributed by atoms with Gasteiger partial charge in [-0.3, -0.25) is 0 Å². The van der Waals surface area contributed by atoms with Gasteiger partial charge in [-0.2, -0.15) is 0 Å². The summed E-state index contributed by atoms with van der Waals surface area (Å²) in [6.45, 7) is 0. The van der Waals surface area contributed by atoms with Crippen LogP contribution in [0.5, 0.6) is 0 Å². The van der Waals surface area contributed by atoms with Crippen molar-refractivity contribution in [2.24, 2.45) is 0 Å². The van der Waals surface area contributed by atoms with Gasteiger partial charge in [0.15, 0.2) is 0 Å². The van der Waals surface area contributed by atoms with E-state index in [-0.39, 0.29) is 0 Å². The Morgan fingerprint density at radius 1 is 0.396 bits per heavy atom. The maximum Gasteiger partial charge on any atom is 0.0726 e.